The van der Waals surface area contributed by atoms with Crippen molar-refractivity contribution in [2.75, 3.05) is 33.2 Å². The Morgan fingerprint density at radius 2 is 2.17 bits per heavy atom. The van der Waals surface area contributed by atoms with Crippen molar-refractivity contribution in [2.45, 2.75) is 52.5 Å². The van der Waals surface area contributed by atoms with Crippen LogP contribution in [0.1, 0.15) is 46.5 Å². The van der Waals surface area contributed by atoms with Gasteiger partial charge in [-0.25, -0.2) is 0 Å². The largest absolute Gasteiger partial charge is 0.305 e. The van der Waals surface area contributed by atoms with Crippen molar-refractivity contribution >= 4 is 0 Å². The van der Waals surface area contributed by atoms with Gasteiger partial charge in [-0.2, -0.15) is 5.26 Å². The van der Waals surface area contributed by atoms with Crippen molar-refractivity contribution in [3.8, 4) is 6.07 Å². The van der Waals surface area contributed by atoms with Crippen LogP contribution in [0, 0.1) is 16.7 Å². The van der Waals surface area contributed by atoms with Gasteiger partial charge < -0.3 is 4.90 Å². The second-order valence-corrected chi connectivity index (χ2v) is 6.29. The average Bonchev–Trinajstić information content (AvgIpc) is 2.76. The molecule has 0 amide bonds. The molecule has 104 valence electrons. The number of rotatable bonds is 7. The minimum atomic E-state index is -0.163. The van der Waals surface area contributed by atoms with Gasteiger partial charge in [0.05, 0.1) is 11.5 Å². The molecule has 1 atom stereocenters. The predicted molar refractivity (Wildman–Crippen MR) is 76.4 cm³/mol. The van der Waals surface area contributed by atoms with E-state index in [1.54, 1.807) is 0 Å². The summed E-state index contributed by atoms with van der Waals surface area (Å²) in [6.45, 7) is 11.1. The Morgan fingerprint density at radius 1 is 1.44 bits per heavy atom. The van der Waals surface area contributed by atoms with Crippen LogP contribution in [0.3, 0.4) is 0 Å². The molecule has 1 aliphatic heterocycles. The van der Waals surface area contributed by atoms with Crippen LogP contribution in [-0.4, -0.2) is 49.1 Å². The lowest BCUT2D eigenvalue weighted by atomic mass is 9.90. The smallest absolute Gasteiger partial charge is 0.0683 e. The second kappa shape index (κ2) is 7.11. The fourth-order valence-electron chi connectivity index (χ4n) is 2.82. The zero-order valence-corrected chi connectivity index (χ0v) is 12.6. The normalized spacial score (nSPS) is 21.4. The molecule has 3 nitrogen and oxygen atoms in total. The van der Waals surface area contributed by atoms with Crippen molar-refractivity contribution in [3.05, 3.63) is 0 Å². The highest BCUT2D eigenvalue weighted by molar-refractivity contribution is 4.91. The van der Waals surface area contributed by atoms with Crippen molar-refractivity contribution in [3.63, 3.8) is 0 Å². The quantitative estimate of drug-likeness (QED) is 0.697. The highest BCUT2D eigenvalue weighted by atomic mass is 15.2. The molecule has 0 aliphatic carbocycles. The maximum absolute atomic E-state index is 8.99. The van der Waals surface area contributed by atoms with E-state index in [0.29, 0.717) is 0 Å². The first-order valence-electron chi connectivity index (χ1n) is 7.32. The minimum Gasteiger partial charge on any atom is -0.305 e. The molecule has 0 aromatic heterocycles. The third-order valence-electron chi connectivity index (χ3n) is 4.07. The van der Waals surface area contributed by atoms with Crippen LogP contribution in [0.4, 0.5) is 0 Å². The summed E-state index contributed by atoms with van der Waals surface area (Å²) in [6.07, 6.45) is 4.82. The summed E-state index contributed by atoms with van der Waals surface area (Å²) in [7, 11) is 2.21. The van der Waals surface area contributed by atoms with Crippen LogP contribution in [-0.2, 0) is 0 Å². The van der Waals surface area contributed by atoms with Crippen LogP contribution >= 0.6 is 0 Å². The summed E-state index contributed by atoms with van der Waals surface area (Å²) in [5.74, 6) is 0. The summed E-state index contributed by atoms with van der Waals surface area (Å²) >= 11 is 0. The van der Waals surface area contributed by atoms with Gasteiger partial charge in [0.25, 0.3) is 0 Å². The molecule has 1 aliphatic rings. The van der Waals surface area contributed by atoms with E-state index in [4.69, 9.17) is 5.26 Å². The molecular weight excluding hydrogens is 222 g/mol. The molecule has 18 heavy (non-hydrogen) atoms. The van der Waals surface area contributed by atoms with E-state index >= 15 is 0 Å². The monoisotopic (exact) mass is 251 g/mol. The Kier molecular flexibility index (Phi) is 6.11. The lowest BCUT2D eigenvalue weighted by Crippen LogP contribution is -2.39. The number of nitriles is 1. The highest BCUT2D eigenvalue weighted by Crippen LogP contribution is 2.21. The van der Waals surface area contributed by atoms with E-state index in [-0.39, 0.29) is 5.41 Å². The number of likely N-dealkylation sites (tertiary alicyclic amines) is 1. The molecule has 0 bridgehead atoms. The number of nitrogens with zero attached hydrogens (tertiary/aromatic N) is 3. The van der Waals surface area contributed by atoms with Gasteiger partial charge in [-0.15, -0.1) is 0 Å². The van der Waals surface area contributed by atoms with Crippen LogP contribution in [0.5, 0.6) is 0 Å². The Bertz CT molecular complexity index is 280. The summed E-state index contributed by atoms with van der Waals surface area (Å²) in [4.78, 5) is 5.03. The van der Waals surface area contributed by atoms with E-state index in [0.717, 1.165) is 25.4 Å². The van der Waals surface area contributed by atoms with E-state index in [1.165, 1.54) is 32.5 Å². The van der Waals surface area contributed by atoms with Gasteiger partial charge in [-0.05, 0) is 66.2 Å². The van der Waals surface area contributed by atoms with E-state index in [9.17, 15) is 0 Å². The Hall–Kier alpha value is -0.590. The maximum Gasteiger partial charge on any atom is 0.0683 e. The predicted octanol–water partition coefficient (Wildman–Crippen LogP) is 2.73. The van der Waals surface area contributed by atoms with Crippen LogP contribution in [0.2, 0.25) is 0 Å². The van der Waals surface area contributed by atoms with Crippen LogP contribution in [0.25, 0.3) is 0 Å². The summed E-state index contributed by atoms with van der Waals surface area (Å²) in [5.41, 5.74) is -0.163. The molecule has 0 radical (unpaired) electrons. The standard InChI is InChI=1S/C15H29N3/c1-5-18-11-6-8-14(18)12-17(4)10-7-9-15(2,3)13-16/h14H,5-12H2,1-4H3. The van der Waals surface area contributed by atoms with Crippen molar-refractivity contribution in [1.82, 2.24) is 9.80 Å². The molecule has 0 N–H and O–H groups in total. The van der Waals surface area contributed by atoms with Crippen molar-refractivity contribution in [1.29, 1.82) is 5.26 Å². The van der Waals surface area contributed by atoms with Gasteiger partial charge in [0.15, 0.2) is 0 Å². The zero-order valence-electron chi connectivity index (χ0n) is 12.6. The minimum absolute atomic E-state index is 0.163. The maximum atomic E-state index is 8.99. The Labute approximate surface area is 113 Å². The molecule has 1 heterocycles. The fraction of sp³-hybridized carbons (Fsp3) is 0.933. The first-order chi connectivity index (χ1) is 8.48. The van der Waals surface area contributed by atoms with E-state index < -0.39 is 0 Å². The third kappa shape index (κ3) is 4.96. The van der Waals surface area contributed by atoms with Gasteiger partial charge in [-0.3, -0.25) is 4.90 Å². The van der Waals surface area contributed by atoms with Gasteiger partial charge in [-0.1, -0.05) is 6.92 Å². The SMILES string of the molecule is CCN1CCCC1CN(C)CCCC(C)(C)C#N. The first kappa shape index (κ1) is 15.5. The molecule has 1 rings (SSSR count). The first-order valence-corrected chi connectivity index (χ1v) is 7.32. The molecule has 0 saturated carbocycles. The average molecular weight is 251 g/mol. The molecule has 3 heteroatoms. The van der Waals surface area contributed by atoms with Gasteiger partial charge in [0.2, 0.25) is 0 Å². The third-order valence-corrected chi connectivity index (χ3v) is 4.07. The number of likely N-dealkylation sites (N-methyl/N-ethyl adjacent to an activating group) is 2. The molecular formula is C15H29N3. The van der Waals surface area contributed by atoms with E-state index in [1.807, 2.05) is 13.8 Å². The van der Waals surface area contributed by atoms with Gasteiger partial charge in [0.1, 0.15) is 0 Å². The van der Waals surface area contributed by atoms with Crippen molar-refractivity contribution < 1.29 is 0 Å². The zero-order chi connectivity index (χ0) is 13.6. The van der Waals surface area contributed by atoms with E-state index in [2.05, 4.69) is 29.8 Å². The molecule has 0 spiro atoms. The van der Waals surface area contributed by atoms with Gasteiger partial charge in [0, 0.05) is 12.6 Å². The second-order valence-electron chi connectivity index (χ2n) is 6.29. The number of hydrogen-bond acceptors (Lipinski definition) is 3. The Balaban J connectivity index is 2.22. The lowest BCUT2D eigenvalue weighted by molar-refractivity contribution is 0.194. The molecule has 1 saturated heterocycles. The van der Waals surface area contributed by atoms with Gasteiger partial charge >= 0.3 is 0 Å². The highest BCUT2D eigenvalue weighted by Gasteiger charge is 2.24. The lowest BCUT2D eigenvalue weighted by Gasteiger charge is -2.28. The van der Waals surface area contributed by atoms with Crippen molar-refractivity contribution in [2.24, 2.45) is 5.41 Å². The fourth-order valence-corrected chi connectivity index (χ4v) is 2.82. The molecule has 1 unspecified atom stereocenters. The van der Waals surface area contributed by atoms with Crippen LogP contribution in [0.15, 0.2) is 0 Å². The number of hydrogen-bond donors (Lipinski definition) is 0. The molecule has 0 aromatic rings. The molecule has 0 aromatic carbocycles. The summed E-state index contributed by atoms with van der Waals surface area (Å²) in [5, 5.41) is 8.99. The molecule has 1 fully saturated rings. The summed E-state index contributed by atoms with van der Waals surface area (Å²) < 4.78 is 0. The summed E-state index contributed by atoms with van der Waals surface area (Å²) in [6, 6.07) is 3.13. The van der Waals surface area contributed by atoms with Crippen LogP contribution < -0.4 is 0 Å². The Morgan fingerprint density at radius 3 is 2.78 bits per heavy atom. The topological polar surface area (TPSA) is 30.3 Å².